The molecule has 2 aromatic rings. The van der Waals surface area contributed by atoms with E-state index in [1.54, 1.807) is 24.3 Å². The normalized spacial score (nSPS) is 11.2. The maximum absolute atomic E-state index is 9.54. The van der Waals surface area contributed by atoms with E-state index in [-0.39, 0.29) is 11.7 Å². The van der Waals surface area contributed by atoms with Gasteiger partial charge in [-0.15, -0.1) is 0 Å². The molecule has 4 nitrogen and oxygen atoms in total. The number of nitrogens with one attached hydrogen (secondary N) is 1. The van der Waals surface area contributed by atoms with Gasteiger partial charge in [0.2, 0.25) is 0 Å². The van der Waals surface area contributed by atoms with Crippen molar-refractivity contribution in [2.24, 2.45) is 10.7 Å². The monoisotopic (exact) mass is 227 g/mol. The van der Waals surface area contributed by atoms with E-state index < -0.39 is 0 Å². The Morgan fingerprint density at radius 1 is 1.00 bits per heavy atom. The molecule has 0 saturated heterocycles. The smallest absolute Gasteiger partial charge is 0.198 e. The third-order valence-electron chi connectivity index (χ3n) is 2.17. The number of benzene rings is 2. The van der Waals surface area contributed by atoms with E-state index in [9.17, 15) is 5.11 Å². The molecule has 0 spiro atoms. The van der Waals surface area contributed by atoms with Crippen LogP contribution in [-0.2, 0) is 0 Å². The van der Waals surface area contributed by atoms with Gasteiger partial charge in [0.15, 0.2) is 5.96 Å². The van der Waals surface area contributed by atoms with Gasteiger partial charge in [0.1, 0.15) is 11.4 Å². The molecule has 86 valence electrons. The molecule has 2 rings (SSSR count). The number of para-hydroxylation sites is 3. The van der Waals surface area contributed by atoms with Gasteiger partial charge in [-0.05, 0) is 24.3 Å². The van der Waals surface area contributed by atoms with Crippen LogP contribution in [0.25, 0.3) is 0 Å². The number of phenolic OH excluding ortho intramolecular Hbond substituents is 1. The van der Waals surface area contributed by atoms with E-state index >= 15 is 0 Å². The number of rotatable bonds is 2. The van der Waals surface area contributed by atoms with E-state index in [1.807, 2.05) is 30.3 Å². The van der Waals surface area contributed by atoms with Crippen LogP contribution in [0.1, 0.15) is 0 Å². The number of hydrogen-bond acceptors (Lipinski definition) is 2. The molecule has 4 N–H and O–H groups in total. The van der Waals surface area contributed by atoms with E-state index in [0.717, 1.165) is 5.69 Å². The lowest BCUT2D eigenvalue weighted by Crippen LogP contribution is -2.21. The van der Waals surface area contributed by atoms with Gasteiger partial charge in [0.25, 0.3) is 0 Å². The first-order valence-electron chi connectivity index (χ1n) is 5.20. The molecule has 0 aromatic heterocycles. The molecule has 0 aliphatic rings. The first-order valence-corrected chi connectivity index (χ1v) is 5.20. The fraction of sp³-hybridized carbons (Fsp3) is 0. The number of hydrogen-bond donors (Lipinski definition) is 3. The van der Waals surface area contributed by atoms with Crippen LogP contribution in [0.3, 0.4) is 0 Å². The molecule has 0 aliphatic heterocycles. The number of nitrogens with two attached hydrogens (primary N) is 1. The fourth-order valence-electron chi connectivity index (χ4n) is 1.39. The summed E-state index contributed by atoms with van der Waals surface area (Å²) >= 11 is 0. The Kier molecular flexibility index (Phi) is 3.25. The van der Waals surface area contributed by atoms with Crippen molar-refractivity contribution in [3.63, 3.8) is 0 Å². The second-order valence-corrected chi connectivity index (χ2v) is 3.48. The maximum atomic E-state index is 9.54. The van der Waals surface area contributed by atoms with E-state index in [4.69, 9.17) is 5.73 Å². The summed E-state index contributed by atoms with van der Waals surface area (Å²) in [5.74, 6) is 0.336. The van der Waals surface area contributed by atoms with Crippen molar-refractivity contribution in [3.8, 4) is 5.75 Å². The summed E-state index contributed by atoms with van der Waals surface area (Å²) < 4.78 is 0. The summed E-state index contributed by atoms with van der Waals surface area (Å²) in [6.07, 6.45) is 0. The molecular weight excluding hydrogens is 214 g/mol. The molecule has 0 radical (unpaired) electrons. The molecule has 0 aliphatic carbocycles. The number of guanidine groups is 1. The van der Waals surface area contributed by atoms with Crippen LogP contribution < -0.4 is 11.1 Å². The van der Waals surface area contributed by atoms with Crippen molar-refractivity contribution < 1.29 is 5.11 Å². The third kappa shape index (κ3) is 2.98. The molecule has 2 aromatic carbocycles. The zero-order chi connectivity index (χ0) is 12.1. The lowest BCUT2D eigenvalue weighted by atomic mass is 10.3. The van der Waals surface area contributed by atoms with Gasteiger partial charge in [-0.25, -0.2) is 4.99 Å². The van der Waals surface area contributed by atoms with Crippen molar-refractivity contribution in [1.29, 1.82) is 0 Å². The average Bonchev–Trinajstić information content (AvgIpc) is 2.33. The Bertz CT molecular complexity index is 523. The SMILES string of the molecule is NC(=Nc1ccccc1O)Nc1ccccc1. The van der Waals surface area contributed by atoms with Crippen molar-refractivity contribution in [3.05, 3.63) is 54.6 Å². The Morgan fingerprint density at radius 2 is 1.65 bits per heavy atom. The molecule has 0 bridgehead atoms. The Balaban J connectivity index is 2.16. The summed E-state index contributed by atoms with van der Waals surface area (Å²) in [5.41, 5.74) is 7.02. The third-order valence-corrected chi connectivity index (χ3v) is 2.17. The maximum Gasteiger partial charge on any atom is 0.198 e. The average molecular weight is 227 g/mol. The molecule has 0 amide bonds. The molecule has 0 atom stereocenters. The predicted molar refractivity (Wildman–Crippen MR) is 69.5 cm³/mol. The van der Waals surface area contributed by atoms with Gasteiger partial charge in [-0.1, -0.05) is 30.3 Å². The highest BCUT2D eigenvalue weighted by molar-refractivity contribution is 5.94. The molecule has 0 fully saturated rings. The highest BCUT2D eigenvalue weighted by Crippen LogP contribution is 2.24. The van der Waals surface area contributed by atoms with Crippen LogP contribution in [0, 0.1) is 0 Å². The molecular formula is C13H13N3O. The second kappa shape index (κ2) is 5.03. The minimum Gasteiger partial charge on any atom is -0.506 e. The molecule has 4 heteroatoms. The van der Waals surface area contributed by atoms with Crippen LogP contribution in [0.15, 0.2) is 59.6 Å². The zero-order valence-electron chi connectivity index (χ0n) is 9.17. The standard InChI is InChI=1S/C13H13N3O/c14-13(15-10-6-2-1-3-7-10)16-11-8-4-5-9-12(11)17/h1-9,17H,(H3,14,15,16). The predicted octanol–water partition coefficient (Wildman–Crippen LogP) is 2.45. The highest BCUT2D eigenvalue weighted by atomic mass is 16.3. The zero-order valence-corrected chi connectivity index (χ0v) is 9.17. The van der Waals surface area contributed by atoms with Crippen LogP contribution >= 0.6 is 0 Å². The number of aromatic hydroxyl groups is 1. The Labute approximate surface area is 99.4 Å². The lowest BCUT2D eigenvalue weighted by Gasteiger charge is -2.05. The summed E-state index contributed by atoms with van der Waals surface area (Å²) in [6.45, 7) is 0. The number of anilines is 1. The first-order chi connectivity index (χ1) is 8.25. The van der Waals surface area contributed by atoms with Crippen LogP contribution in [0.5, 0.6) is 5.75 Å². The van der Waals surface area contributed by atoms with E-state index in [1.165, 1.54) is 0 Å². The Morgan fingerprint density at radius 3 is 2.35 bits per heavy atom. The van der Waals surface area contributed by atoms with Gasteiger partial charge in [-0.2, -0.15) is 0 Å². The van der Waals surface area contributed by atoms with Crippen LogP contribution in [0.2, 0.25) is 0 Å². The van der Waals surface area contributed by atoms with E-state index in [2.05, 4.69) is 10.3 Å². The van der Waals surface area contributed by atoms with Gasteiger partial charge < -0.3 is 16.2 Å². The van der Waals surface area contributed by atoms with Gasteiger partial charge in [-0.3, -0.25) is 0 Å². The molecule has 0 heterocycles. The van der Waals surface area contributed by atoms with Crippen molar-refractivity contribution in [2.75, 3.05) is 5.32 Å². The molecule has 0 saturated carbocycles. The van der Waals surface area contributed by atoms with Gasteiger partial charge in [0.05, 0.1) is 0 Å². The minimum atomic E-state index is 0.102. The topological polar surface area (TPSA) is 70.6 Å². The summed E-state index contributed by atoms with van der Waals surface area (Å²) in [5, 5.41) is 12.5. The van der Waals surface area contributed by atoms with Crippen molar-refractivity contribution in [1.82, 2.24) is 0 Å². The van der Waals surface area contributed by atoms with Crippen LogP contribution in [-0.4, -0.2) is 11.1 Å². The van der Waals surface area contributed by atoms with Crippen molar-refractivity contribution in [2.45, 2.75) is 0 Å². The number of phenols is 1. The quantitative estimate of drug-likeness (QED) is 0.545. The second-order valence-electron chi connectivity index (χ2n) is 3.48. The Hall–Kier alpha value is -2.49. The lowest BCUT2D eigenvalue weighted by molar-refractivity contribution is 0.477. The molecule has 0 unspecified atom stereocenters. The summed E-state index contributed by atoms with van der Waals surface area (Å²) in [6, 6.07) is 16.3. The molecule has 17 heavy (non-hydrogen) atoms. The first kappa shape index (κ1) is 11.0. The van der Waals surface area contributed by atoms with E-state index in [0.29, 0.717) is 5.69 Å². The fourth-order valence-corrected chi connectivity index (χ4v) is 1.39. The van der Waals surface area contributed by atoms with Crippen LogP contribution in [0.4, 0.5) is 11.4 Å². The van der Waals surface area contributed by atoms with Gasteiger partial charge >= 0.3 is 0 Å². The highest BCUT2D eigenvalue weighted by Gasteiger charge is 1.99. The van der Waals surface area contributed by atoms with Crippen molar-refractivity contribution >= 4 is 17.3 Å². The number of nitrogens with zero attached hydrogens (tertiary/aromatic N) is 1. The number of aliphatic imine (C=N–C) groups is 1. The summed E-state index contributed by atoms with van der Waals surface area (Å²) in [7, 11) is 0. The van der Waals surface area contributed by atoms with Gasteiger partial charge in [0, 0.05) is 5.69 Å². The largest absolute Gasteiger partial charge is 0.506 e. The summed E-state index contributed by atoms with van der Waals surface area (Å²) in [4.78, 5) is 4.09. The minimum absolute atomic E-state index is 0.102.